The minimum Gasteiger partial charge on any atom is -0.505 e. The summed E-state index contributed by atoms with van der Waals surface area (Å²) in [5.74, 6) is 0.356. The van der Waals surface area contributed by atoms with E-state index in [0.717, 1.165) is 14.3 Å². The molecule has 0 radical (unpaired) electrons. The Morgan fingerprint density at radius 2 is 2.23 bits per heavy atom. The molecule has 2 rings (SSSR count). The van der Waals surface area contributed by atoms with E-state index in [1.54, 1.807) is 29.2 Å². The topological polar surface area (TPSA) is 20.2 Å². The van der Waals surface area contributed by atoms with Gasteiger partial charge in [-0.05, 0) is 24.5 Å². The summed E-state index contributed by atoms with van der Waals surface area (Å²) in [5.41, 5.74) is 0. The first-order valence-corrected chi connectivity index (χ1v) is 6.09. The Bertz CT molecular complexity index is 450. The monoisotopic (exact) mass is 230 g/mol. The lowest BCUT2D eigenvalue weighted by Crippen LogP contribution is -1.65. The molecule has 13 heavy (non-hydrogen) atoms. The zero-order valence-electron chi connectivity index (χ0n) is 6.87. The number of hydrogen-bond donors (Lipinski definition) is 1. The predicted molar refractivity (Wildman–Crippen MR) is 60.3 cm³/mol. The highest BCUT2D eigenvalue weighted by Crippen LogP contribution is 2.42. The molecule has 1 N–H and O–H groups in total. The zero-order chi connectivity index (χ0) is 9.42. The van der Waals surface area contributed by atoms with Crippen molar-refractivity contribution in [1.29, 1.82) is 0 Å². The smallest absolute Gasteiger partial charge is 0.147 e. The van der Waals surface area contributed by atoms with Gasteiger partial charge in [-0.25, -0.2) is 0 Å². The van der Waals surface area contributed by atoms with Crippen LogP contribution in [0, 0.1) is 0 Å². The maximum absolute atomic E-state index is 9.74. The fourth-order valence-corrected chi connectivity index (χ4v) is 3.06. The van der Waals surface area contributed by atoms with Gasteiger partial charge in [-0.15, -0.1) is 23.1 Å². The highest BCUT2D eigenvalue weighted by atomic mass is 35.5. The largest absolute Gasteiger partial charge is 0.505 e. The fraction of sp³-hybridized carbons (Fsp3) is 0.111. The van der Waals surface area contributed by atoms with Crippen LogP contribution in [0.2, 0.25) is 5.02 Å². The molecule has 0 amide bonds. The summed E-state index contributed by atoms with van der Waals surface area (Å²) in [6.07, 6.45) is 1.95. The molecule has 1 heterocycles. The van der Waals surface area contributed by atoms with Gasteiger partial charge in [0, 0.05) is 15.1 Å². The molecule has 0 spiro atoms. The van der Waals surface area contributed by atoms with Gasteiger partial charge in [-0.1, -0.05) is 11.6 Å². The van der Waals surface area contributed by atoms with Crippen LogP contribution >= 0.6 is 34.7 Å². The normalized spacial score (nSPS) is 10.9. The van der Waals surface area contributed by atoms with Crippen LogP contribution in [0.15, 0.2) is 22.4 Å². The average molecular weight is 231 g/mol. The van der Waals surface area contributed by atoms with Crippen molar-refractivity contribution < 1.29 is 5.11 Å². The van der Waals surface area contributed by atoms with E-state index in [2.05, 4.69) is 0 Å². The Hall–Kier alpha value is -0.380. The van der Waals surface area contributed by atoms with Crippen molar-refractivity contribution >= 4 is 44.8 Å². The quantitative estimate of drug-likeness (QED) is 0.748. The first-order chi connectivity index (χ1) is 6.22. The Morgan fingerprint density at radius 3 is 2.92 bits per heavy atom. The van der Waals surface area contributed by atoms with Crippen LogP contribution in [0.5, 0.6) is 5.75 Å². The molecule has 0 saturated heterocycles. The molecule has 1 aromatic heterocycles. The van der Waals surface area contributed by atoms with Gasteiger partial charge >= 0.3 is 0 Å². The van der Waals surface area contributed by atoms with Gasteiger partial charge < -0.3 is 5.11 Å². The van der Waals surface area contributed by atoms with Crippen molar-refractivity contribution in [2.45, 2.75) is 4.21 Å². The molecule has 0 bridgehead atoms. The number of thiophene rings is 1. The first kappa shape index (κ1) is 9.19. The van der Waals surface area contributed by atoms with Crippen LogP contribution in [0.4, 0.5) is 0 Å². The number of hydrogen-bond acceptors (Lipinski definition) is 3. The van der Waals surface area contributed by atoms with Crippen molar-refractivity contribution in [1.82, 2.24) is 0 Å². The SMILES string of the molecule is CSc1sc2ccc(Cl)cc2c1O. The summed E-state index contributed by atoms with van der Waals surface area (Å²) >= 11 is 8.97. The van der Waals surface area contributed by atoms with Crippen LogP contribution < -0.4 is 0 Å². The lowest BCUT2D eigenvalue weighted by atomic mass is 10.2. The highest BCUT2D eigenvalue weighted by Gasteiger charge is 2.09. The molecule has 0 aliphatic carbocycles. The maximum atomic E-state index is 9.74. The van der Waals surface area contributed by atoms with Gasteiger partial charge in [-0.3, -0.25) is 0 Å². The van der Waals surface area contributed by atoms with Gasteiger partial charge in [0.05, 0.1) is 0 Å². The molecule has 0 aliphatic rings. The standard InChI is InChI=1S/C9H7ClOS2/c1-12-9-8(11)6-4-5(10)2-3-7(6)13-9/h2-4,11H,1H3. The van der Waals surface area contributed by atoms with Crippen molar-refractivity contribution in [2.75, 3.05) is 6.26 Å². The Labute approximate surface area is 89.3 Å². The number of fused-ring (bicyclic) bond motifs is 1. The number of thioether (sulfide) groups is 1. The predicted octanol–water partition coefficient (Wildman–Crippen LogP) is 3.98. The van der Waals surface area contributed by atoms with Crippen LogP contribution in [0.3, 0.4) is 0 Å². The molecule has 0 aliphatic heterocycles. The van der Waals surface area contributed by atoms with Gasteiger partial charge in [0.1, 0.15) is 9.96 Å². The van der Waals surface area contributed by atoms with E-state index >= 15 is 0 Å². The van der Waals surface area contributed by atoms with E-state index in [0.29, 0.717) is 10.8 Å². The second-order valence-corrected chi connectivity index (χ2v) is 5.15. The average Bonchev–Trinajstić information content (AvgIpc) is 2.44. The third kappa shape index (κ3) is 1.52. The lowest BCUT2D eigenvalue weighted by Gasteiger charge is -1.92. The maximum Gasteiger partial charge on any atom is 0.147 e. The van der Waals surface area contributed by atoms with Crippen LogP contribution in [0.25, 0.3) is 10.1 Å². The van der Waals surface area contributed by atoms with Crippen molar-refractivity contribution in [2.24, 2.45) is 0 Å². The molecule has 4 heteroatoms. The van der Waals surface area contributed by atoms with E-state index in [1.165, 1.54) is 0 Å². The molecule has 68 valence electrons. The first-order valence-electron chi connectivity index (χ1n) is 3.67. The van der Waals surface area contributed by atoms with Gasteiger partial charge in [0.25, 0.3) is 0 Å². The Balaban J connectivity index is 2.77. The molecule has 1 aromatic carbocycles. The van der Waals surface area contributed by atoms with Crippen molar-refractivity contribution in [3.8, 4) is 5.75 Å². The van der Waals surface area contributed by atoms with Crippen molar-refractivity contribution in [3.05, 3.63) is 23.2 Å². The van der Waals surface area contributed by atoms with E-state index in [-0.39, 0.29) is 0 Å². The number of aromatic hydroxyl groups is 1. The minimum absolute atomic E-state index is 0.356. The zero-order valence-corrected chi connectivity index (χ0v) is 9.26. The number of benzene rings is 1. The van der Waals surface area contributed by atoms with Gasteiger partial charge in [0.2, 0.25) is 0 Å². The second kappa shape index (κ2) is 3.40. The summed E-state index contributed by atoms with van der Waals surface area (Å²) in [6.45, 7) is 0. The van der Waals surface area contributed by atoms with E-state index < -0.39 is 0 Å². The molecule has 0 atom stereocenters. The molecular formula is C9H7ClOS2. The fourth-order valence-electron chi connectivity index (χ4n) is 1.17. The van der Waals surface area contributed by atoms with E-state index in [4.69, 9.17) is 11.6 Å². The summed E-state index contributed by atoms with van der Waals surface area (Å²) in [6, 6.07) is 5.56. The summed E-state index contributed by atoms with van der Waals surface area (Å²) < 4.78 is 2.02. The van der Waals surface area contributed by atoms with Crippen molar-refractivity contribution in [3.63, 3.8) is 0 Å². The molecular weight excluding hydrogens is 224 g/mol. The van der Waals surface area contributed by atoms with E-state index in [1.807, 2.05) is 18.4 Å². The van der Waals surface area contributed by atoms with Gasteiger partial charge in [0.15, 0.2) is 0 Å². The summed E-state index contributed by atoms with van der Waals surface area (Å²) in [7, 11) is 0. The van der Waals surface area contributed by atoms with Crippen LogP contribution in [-0.2, 0) is 0 Å². The van der Waals surface area contributed by atoms with E-state index in [9.17, 15) is 5.11 Å². The highest BCUT2D eigenvalue weighted by molar-refractivity contribution is 8.00. The number of halogens is 1. The second-order valence-electron chi connectivity index (χ2n) is 2.58. The summed E-state index contributed by atoms with van der Waals surface area (Å²) in [5, 5.41) is 11.3. The lowest BCUT2D eigenvalue weighted by molar-refractivity contribution is 0.473. The molecule has 0 saturated carbocycles. The summed E-state index contributed by atoms with van der Waals surface area (Å²) in [4.78, 5) is 0. The Kier molecular flexibility index (Phi) is 2.41. The molecule has 0 fully saturated rings. The minimum atomic E-state index is 0.356. The van der Waals surface area contributed by atoms with Crippen LogP contribution in [0.1, 0.15) is 0 Å². The number of rotatable bonds is 1. The Morgan fingerprint density at radius 1 is 1.46 bits per heavy atom. The third-order valence-electron chi connectivity index (χ3n) is 1.78. The third-order valence-corrected chi connectivity index (χ3v) is 4.28. The van der Waals surface area contributed by atoms with Gasteiger partial charge in [-0.2, -0.15) is 0 Å². The molecule has 2 aromatic rings. The molecule has 0 unspecified atom stereocenters. The van der Waals surface area contributed by atoms with Crippen LogP contribution in [-0.4, -0.2) is 11.4 Å². The molecule has 1 nitrogen and oxygen atoms in total.